The summed E-state index contributed by atoms with van der Waals surface area (Å²) in [6.07, 6.45) is 6.15. The summed E-state index contributed by atoms with van der Waals surface area (Å²) < 4.78 is 0. The maximum atomic E-state index is 8.47. The van der Waals surface area contributed by atoms with Gasteiger partial charge >= 0.3 is 0 Å². The van der Waals surface area contributed by atoms with E-state index in [1.54, 1.807) is 0 Å². The first-order valence-corrected chi connectivity index (χ1v) is 4.73. The van der Waals surface area contributed by atoms with E-state index in [0.29, 0.717) is 6.61 Å². The highest BCUT2D eigenvalue weighted by Crippen LogP contribution is 1.96. The van der Waals surface area contributed by atoms with Gasteiger partial charge in [0.15, 0.2) is 0 Å². The fourth-order valence-electron chi connectivity index (χ4n) is 1.01. The fraction of sp³-hybridized carbons (Fsp3) is 1.00. The first kappa shape index (κ1) is 10.9. The molecule has 0 saturated heterocycles. The lowest BCUT2D eigenvalue weighted by Crippen LogP contribution is -2.17. The average molecular weight is 159 g/mol. The molecule has 0 saturated carbocycles. The molecular weight excluding hydrogens is 138 g/mol. The summed E-state index contributed by atoms with van der Waals surface area (Å²) in [6, 6.07) is 0. The molecule has 68 valence electrons. The molecule has 0 atom stereocenters. The van der Waals surface area contributed by atoms with Crippen LogP contribution in [0.4, 0.5) is 0 Å². The second-order valence-corrected chi connectivity index (χ2v) is 2.89. The number of aliphatic hydroxyl groups is 1. The van der Waals surface area contributed by atoms with Crippen molar-refractivity contribution in [2.45, 2.75) is 39.0 Å². The first-order chi connectivity index (χ1) is 5.41. The van der Waals surface area contributed by atoms with Crippen molar-refractivity contribution in [3.63, 3.8) is 0 Å². The molecule has 0 heterocycles. The predicted octanol–water partition coefficient (Wildman–Crippen LogP) is 1.54. The van der Waals surface area contributed by atoms with Crippen molar-refractivity contribution in [1.82, 2.24) is 5.32 Å². The van der Waals surface area contributed by atoms with Crippen LogP contribution in [0.25, 0.3) is 0 Å². The number of aliphatic hydroxyl groups excluding tert-OH is 1. The SMILES string of the molecule is CCCCCCNCCCO. The maximum Gasteiger partial charge on any atom is 0.0443 e. The summed E-state index contributed by atoms with van der Waals surface area (Å²) in [5, 5.41) is 11.8. The molecule has 2 nitrogen and oxygen atoms in total. The molecule has 0 aliphatic rings. The summed E-state index contributed by atoms with van der Waals surface area (Å²) in [7, 11) is 0. The number of rotatable bonds is 8. The van der Waals surface area contributed by atoms with Crippen molar-refractivity contribution < 1.29 is 5.11 Å². The van der Waals surface area contributed by atoms with Gasteiger partial charge in [0, 0.05) is 6.61 Å². The van der Waals surface area contributed by atoms with Gasteiger partial charge in [0.25, 0.3) is 0 Å². The van der Waals surface area contributed by atoms with Crippen LogP contribution in [-0.4, -0.2) is 24.8 Å². The van der Waals surface area contributed by atoms with Crippen LogP contribution in [0, 0.1) is 0 Å². The minimum atomic E-state index is 0.308. The smallest absolute Gasteiger partial charge is 0.0443 e. The zero-order valence-electron chi connectivity index (χ0n) is 7.60. The van der Waals surface area contributed by atoms with Gasteiger partial charge in [0.05, 0.1) is 0 Å². The topological polar surface area (TPSA) is 32.3 Å². The van der Waals surface area contributed by atoms with Gasteiger partial charge in [0.1, 0.15) is 0 Å². The highest BCUT2D eigenvalue weighted by Gasteiger charge is 1.87. The molecular formula is C9H21NO. The summed E-state index contributed by atoms with van der Waals surface area (Å²) in [6.45, 7) is 4.60. The van der Waals surface area contributed by atoms with Gasteiger partial charge < -0.3 is 10.4 Å². The molecule has 0 aromatic rings. The second-order valence-electron chi connectivity index (χ2n) is 2.89. The fourth-order valence-corrected chi connectivity index (χ4v) is 1.01. The van der Waals surface area contributed by atoms with Crippen LogP contribution in [0.15, 0.2) is 0 Å². The lowest BCUT2D eigenvalue weighted by molar-refractivity contribution is 0.286. The Morgan fingerprint density at radius 3 is 2.36 bits per heavy atom. The van der Waals surface area contributed by atoms with Gasteiger partial charge in [-0.2, -0.15) is 0 Å². The predicted molar refractivity (Wildman–Crippen MR) is 48.7 cm³/mol. The molecule has 11 heavy (non-hydrogen) atoms. The van der Waals surface area contributed by atoms with Crippen molar-refractivity contribution in [3.05, 3.63) is 0 Å². The monoisotopic (exact) mass is 159 g/mol. The lowest BCUT2D eigenvalue weighted by Gasteiger charge is -2.01. The van der Waals surface area contributed by atoms with Crippen LogP contribution < -0.4 is 5.32 Å². The third kappa shape index (κ3) is 9.92. The minimum absolute atomic E-state index is 0.308. The molecule has 0 amide bonds. The molecule has 0 radical (unpaired) electrons. The molecule has 0 aliphatic heterocycles. The van der Waals surface area contributed by atoms with Crippen molar-refractivity contribution in [3.8, 4) is 0 Å². The molecule has 0 aromatic heterocycles. The molecule has 2 N–H and O–H groups in total. The van der Waals surface area contributed by atoms with Crippen LogP contribution in [0.3, 0.4) is 0 Å². The number of hydrogen-bond acceptors (Lipinski definition) is 2. The zero-order valence-corrected chi connectivity index (χ0v) is 7.60. The summed E-state index contributed by atoms with van der Waals surface area (Å²) in [5.74, 6) is 0. The van der Waals surface area contributed by atoms with Crippen LogP contribution in [0.5, 0.6) is 0 Å². The van der Waals surface area contributed by atoms with E-state index in [4.69, 9.17) is 5.11 Å². The maximum absolute atomic E-state index is 8.47. The number of hydrogen-bond donors (Lipinski definition) is 2. The van der Waals surface area contributed by atoms with Gasteiger partial charge in [-0.05, 0) is 25.9 Å². The number of nitrogens with one attached hydrogen (secondary N) is 1. The van der Waals surface area contributed by atoms with Gasteiger partial charge in [-0.1, -0.05) is 26.2 Å². The zero-order chi connectivity index (χ0) is 8.36. The third-order valence-corrected chi connectivity index (χ3v) is 1.72. The number of unbranched alkanes of at least 4 members (excludes halogenated alkanes) is 3. The second kappa shape index (κ2) is 9.92. The van der Waals surface area contributed by atoms with Crippen LogP contribution in [0.2, 0.25) is 0 Å². The standard InChI is InChI=1S/C9H21NO/c1-2-3-4-5-7-10-8-6-9-11/h10-11H,2-9H2,1H3. The molecule has 0 fully saturated rings. The van der Waals surface area contributed by atoms with E-state index in [1.807, 2.05) is 0 Å². The molecule has 2 heteroatoms. The van der Waals surface area contributed by atoms with E-state index in [-0.39, 0.29) is 0 Å². The Labute approximate surface area is 70.0 Å². The lowest BCUT2D eigenvalue weighted by atomic mass is 10.2. The molecule has 0 aliphatic carbocycles. The van der Waals surface area contributed by atoms with Crippen molar-refractivity contribution in [1.29, 1.82) is 0 Å². The molecule has 0 bridgehead atoms. The Kier molecular flexibility index (Phi) is 9.85. The van der Waals surface area contributed by atoms with Crippen LogP contribution in [-0.2, 0) is 0 Å². The van der Waals surface area contributed by atoms with Gasteiger partial charge in [0.2, 0.25) is 0 Å². The van der Waals surface area contributed by atoms with Gasteiger partial charge in [-0.3, -0.25) is 0 Å². The Bertz CT molecular complexity index is 58.6. The largest absolute Gasteiger partial charge is 0.396 e. The van der Waals surface area contributed by atoms with Crippen LogP contribution >= 0.6 is 0 Å². The Hall–Kier alpha value is -0.0800. The third-order valence-electron chi connectivity index (χ3n) is 1.72. The van der Waals surface area contributed by atoms with Gasteiger partial charge in [-0.25, -0.2) is 0 Å². The molecule has 0 spiro atoms. The van der Waals surface area contributed by atoms with Crippen molar-refractivity contribution in [2.24, 2.45) is 0 Å². The molecule has 0 aromatic carbocycles. The summed E-state index contributed by atoms with van der Waals surface area (Å²) >= 11 is 0. The quantitative estimate of drug-likeness (QED) is 0.526. The van der Waals surface area contributed by atoms with E-state index in [9.17, 15) is 0 Å². The highest BCUT2D eigenvalue weighted by atomic mass is 16.3. The van der Waals surface area contributed by atoms with E-state index >= 15 is 0 Å². The molecule has 0 rings (SSSR count). The van der Waals surface area contributed by atoms with E-state index in [0.717, 1.165) is 19.5 Å². The Morgan fingerprint density at radius 2 is 1.73 bits per heavy atom. The minimum Gasteiger partial charge on any atom is -0.396 e. The first-order valence-electron chi connectivity index (χ1n) is 4.73. The van der Waals surface area contributed by atoms with Crippen LogP contribution in [0.1, 0.15) is 39.0 Å². The van der Waals surface area contributed by atoms with Gasteiger partial charge in [-0.15, -0.1) is 0 Å². The van der Waals surface area contributed by atoms with E-state index in [2.05, 4.69) is 12.2 Å². The average Bonchev–Trinajstić information content (AvgIpc) is 2.03. The Balaban J connectivity index is 2.69. The summed E-state index contributed by atoms with van der Waals surface area (Å²) in [5.41, 5.74) is 0. The van der Waals surface area contributed by atoms with Crippen molar-refractivity contribution >= 4 is 0 Å². The Morgan fingerprint density at radius 1 is 1.00 bits per heavy atom. The van der Waals surface area contributed by atoms with E-state index in [1.165, 1.54) is 25.7 Å². The normalized spacial score (nSPS) is 10.4. The van der Waals surface area contributed by atoms with E-state index < -0.39 is 0 Å². The summed E-state index contributed by atoms with van der Waals surface area (Å²) in [4.78, 5) is 0. The molecule has 0 unspecified atom stereocenters. The van der Waals surface area contributed by atoms with Crippen molar-refractivity contribution in [2.75, 3.05) is 19.7 Å². The highest BCUT2D eigenvalue weighted by molar-refractivity contribution is 4.47.